The molecule has 446 valence electrons. The van der Waals surface area contributed by atoms with Gasteiger partial charge in [-0.3, -0.25) is 9.89 Å². The topological polar surface area (TPSA) is 323 Å². The van der Waals surface area contributed by atoms with Crippen molar-refractivity contribution in [1.82, 2.24) is 59.5 Å². The third-order valence-corrected chi connectivity index (χ3v) is 15.3. The van der Waals surface area contributed by atoms with E-state index in [9.17, 15) is 19.2 Å². The van der Waals surface area contributed by atoms with E-state index in [0.717, 1.165) is 96.2 Å². The Morgan fingerprint density at radius 3 is 1.35 bits per heavy atom. The summed E-state index contributed by atoms with van der Waals surface area (Å²) >= 11 is 30.9. The number of pyridine rings is 4. The number of carboxylic acid groups (broad SMARTS) is 1. The molecule has 1 amide bonds. The number of nitrogens with zero attached hydrogens (tertiary/aromatic N) is 11. The van der Waals surface area contributed by atoms with E-state index >= 15 is 0 Å². The molecule has 0 atom stereocenters. The van der Waals surface area contributed by atoms with E-state index in [1.807, 2.05) is 41.7 Å². The maximum absolute atomic E-state index is 12.5. The van der Waals surface area contributed by atoms with E-state index in [1.54, 1.807) is 38.1 Å². The van der Waals surface area contributed by atoms with Crippen LogP contribution in [0.4, 0.5) is 5.69 Å². The number of carbonyl (C=O) groups excluding carboxylic acids is 3. The van der Waals surface area contributed by atoms with Gasteiger partial charge in [0.15, 0.2) is 28.9 Å². The van der Waals surface area contributed by atoms with E-state index in [0.29, 0.717) is 90.3 Å². The zero-order valence-electron chi connectivity index (χ0n) is 46.6. The number of ether oxygens (including phenoxy) is 2. The van der Waals surface area contributed by atoms with Gasteiger partial charge in [0, 0.05) is 47.1 Å². The fraction of sp³-hybridized carbons (Fsp3) is 0.393. The molecule has 8 aromatic heterocycles. The quantitative estimate of drug-likeness (QED) is 0.0457. The van der Waals surface area contributed by atoms with Gasteiger partial charge >= 0.3 is 36.8 Å². The molecule has 0 unspecified atom stereocenters. The van der Waals surface area contributed by atoms with Gasteiger partial charge in [0.1, 0.15) is 0 Å². The van der Waals surface area contributed by atoms with E-state index in [1.165, 1.54) is 24.8 Å². The summed E-state index contributed by atoms with van der Waals surface area (Å²) in [7, 11) is 0. The van der Waals surface area contributed by atoms with E-state index in [-0.39, 0.29) is 59.7 Å². The van der Waals surface area contributed by atoms with Gasteiger partial charge in [0.25, 0.3) is 5.91 Å². The average Bonchev–Trinajstić information content (AvgIpc) is 1.98. The van der Waals surface area contributed by atoms with Crippen LogP contribution >= 0.6 is 58.0 Å². The van der Waals surface area contributed by atoms with Crippen LogP contribution in [0, 0.1) is 33.6 Å². The molecule has 0 spiro atoms. The number of aryl methyl sites for hydroxylation is 4. The number of aromatic amines is 1. The third kappa shape index (κ3) is 15.2. The number of aliphatic hydroxyl groups excluding tert-OH is 1. The van der Waals surface area contributed by atoms with Crippen LogP contribution in [0.1, 0.15) is 155 Å². The Morgan fingerprint density at radius 1 is 0.600 bits per heavy atom. The largest absolute Gasteiger partial charge is 1.00 e. The van der Waals surface area contributed by atoms with Crippen LogP contribution in [-0.4, -0.2) is 124 Å². The number of nitrogens with one attached hydrogen (secondary N) is 2. The van der Waals surface area contributed by atoms with Crippen molar-refractivity contribution in [3.63, 3.8) is 0 Å². The first-order valence-corrected chi connectivity index (χ1v) is 28.2. The van der Waals surface area contributed by atoms with Crippen LogP contribution in [0.15, 0.2) is 49.1 Å². The van der Waals surface area contributed by atoms with Gasteiger partial charge in [-0.25, -0.2) is 48.4 Å². The van der Waals surface area contributed by atoms with Crippen LogP contribution < -0.4 is 24.2 Å². The Morgan fingerprint density at radius 2 is 0.976 bits per heavy atom. The molecule has 6 N–H and O–H groups in total. The van der Waals surface area contributed by atoms with Crippen molar-refractivity contribution in [1.29, 1.82) is 0 Å². The number of H-pyrrole nitrogens is 1. The van der Waals surface area contributed by atoms with Crippen molar-refractivity contribution < 1.29 is 68.3 Å². The summed E-state index contributed by atoms with van der Waals surface area (Å²) in [5.74, 6) is -2.08. The number of esters is 2. The Kier molecular flexibility index (Phi) is 22.9. The molecule has 1 aromatic carbocycles. The first kappa shape index (κ1) is 67.6. The number of aromatic nitrogens is 12. The molecule has 4 aliphatic rings. The number of rotatable bonds is 11. The van der Waals surface area contributed by atoms with Gasteiger partial charge in [-0.15, -0.1) is 0 Å². The van der Waals surface area contributed by atoms with Crippen molar-refractivity contribution in [3.05, 3.63) is 119 Å². The van der Waals surface area contributed by atoms with Crippen molar-refractivity contribution >= 4 is 132 Å². The van der Waals surface area contributed by atoms with Crippen LogP contribution in [0.3, 0.4) is 0 Å². The van der Waals surface area contributed by atoms with Crippen molar-refractivity contribution in [3.8, 4) is 0 Å². The molecule has 13 rings (SSSR count). The molecule has 4 aliphatic carbocycles. The first-order chi connectivity index (χ1) is 39.2. The smallest absolute Gasteiger partial charge is 0.870 e. The van der Waals surface area contributed by atoms with Gasteiger partial charge in [-0.2, -0.15) is 20.4 Å². The van der Waals surface area contributed by atoms with Crippen molar-refractivity contribution in [2.45, 2.75) is 125 Å². The van der Waals surface area contributed by atoms with Crippen molar-refractivity contribution in [2.75, 3.05) is 18.5 Å². The number of fused-ring (bicyclic) bond motifs is 4. The van der Waals surface area contributed by atoms with Crippen LogP contribution in [0.5, 0.6) is 0 Å². The van der Waals surface area contributed by atoms with Crippen molar-refractivity contribution in [2.24, 2.45) is 5.92 Å². The molecule has 29 heteroatoms. The van der Waals surface area contributed by atoms with Crippen LogP contribution in [0.2, 0.25) is 25.1 Å². The minimum Gasteiger partial charge on any atom is -0.870 e. The number of aromatic carboxylic acids is 1. The van der Waals surface area contributed by atoms with E-state index in [4.69, 9.17) is 82.8 Å². The van der Waals surface area contributed by atoms with Gasteiger partial charge in [0.2, 0.25) is 0 Å². The number of halogens is 5. The predicted octanol–water partition coefficient (Wildman–Crippen LogP) is 9.23. The molecule has 0 bridgehead atoms. The van der Waals surface area contributed by atoms with E-state index < -0.39 is 24.2 Å². The number of aliphatic hydroxyl groups is 2. The molecule has 4 fully saturated rings. The van der Waals surface area contributed by atoms with E-state index in [2.05, 4.69) is 50.7 Å². The average molecular weight is 1260 g/mol. The number of hydrogen-bond donors (Lipinski definition) is 5. The SMILES string of the molecule is C.CCOC(=O)c1cnc2c(c(C)nn2C2CC2)c1Cl.CCOC(=O)c1cnc2n[nH]c(C)c2c1Cl.Cc1nn(C2CC2)c2ncc(C(=O)Nc3ccc(Cl)cc3)c(Cl)c12.Cc1nn(C2CC2)c2ncc(C(=O)O)c(Cl)c12.OC(O)C1CC1.[Li+].[OH-]. The Labute approximate surface area is 524 Å². The summed E-state index contributed by atoms with van der Waals surface area (Å²) in [6.07, 6.45) is 13.3. The fourth-order valence-electron chi connectivity index (χ4n) is 8.65. The molecule has 0 aliphatic heterocycles. The second kappa shape index (κ2) is 28.8. The summed E-state index contributed by atoms with van der Waals surface area (Å²) in [5.41, 5.74) is 7.32. The number of carbonyl (C=O) groups is 4. The summed E-state index contributed by atoms with van der Waals surface area (Å²) in [6, 6.07) is 8.11. The number of amides is 1. The third-order valence-electron chi connectivity index (χ3n) is 13.5. The Bertz CT molecular complexity index is 3910. The Hall–Kier alpha value is -6.49. The first-order valence-electron chi connectivity index (χ1n) is 26.3. The summed E-state index contributed by atoms with van der Waals surface area (Å²) < 4.78 is 15.5. The normalized spacial score (nSPS) is 14.0. The summed E-state index contributed by atoms with van der Waals surface area (Å²) in [6.45, 7) is 11.5. The molecule has 0 saturated heterocycles. The maximum atomic E-state index is 12.5. The van der Waals surface area contributed by atoms with Gasteiger partial charge in [-0.05, 0) is 117 Å². The molecular weight excluding hydrogens is 1200 g/mol. The molecule has 9 aromatic rings. The minimum absolute atomic E-state index is 0. The molecule has 85 heavy (non-hydrogen) atoms. The van der Waals surface area contributed by atoms with Gasteiger partial charge in [0.05, 0.1) is 112 Å². The zero-order valence-corrected chi connectivity index (χ0v) is 50.4. The molecule has 0 radical (unpaired) electrons. The number of carboxylic acids is 1. The number of anilines is 1. The molecule has 23 nitrogen and oxygen atoms in total. The second-order valence-electron chi connectivity index (χ2n) is 19.8. The standard InChI is InChI=1S/C17H14Cl2N4O.C13H14ClN3O2.C11H10ClN3O2.C10H10ClN3O2.C4H8O2.CH4.Li.H2O/c1-9-14-15(19)13(8-20-16(14)23(22-9)12-6-7-12)17(24)21-11-4-2-10(18)3-5-11;1-3-19-13(18)9-6-15-12-10(11(9)14)7(2)16-17(12)8-4-5-8;1-5-8-9(12)7(11(16)17)4-13-10(8)15(14-5)6-2-3-6;1-3-16-10(15)6-4-12-9-7(8(6)11)5(2)13-14-9;5-4(6)3-1-2-3;;;/h2-5,8,12H,6-7H2,1H3,(H,21,24);6,8H,3-5H2,1-2H3;4,6H,2-3H2,1H3,(H,16,17);4H,3H2,1-2H3,(H,12,13,14);3-6H,1-2H2;1H4;;1H2/q;;;;;;+1;/p-1. The fourth-order valence-corrected chi connectivity index (χ4v) is 10.2. The van der Waals surface area contributed by atoms with Gasteiger partial charge in [-0.1, -0.05) is 65.4 Å². The van der Waals surface area contributed by atoms with Crippen LogP contribution in [0.25, 0.3) is 44.1 Å². The summed E-state index contributed by atoms with van der Waals surface area (Å²) in [5, 5.41) is 53.1. The number of benzene rings is 1. The predicted molar refractivity (Wildman–Crippen MR) is 318 cm³/mol. The zero-order chi connectivity index (χ0) is 58.8. The van der Waals surface area contributed by atoms with Crippen LogP contribution in [-0.2, 0) is 9.47 Å². The monoisotopic (exact) mass is 1260 g/mol. The molecule has 8 heterocycles. The van der Waals surface area contributed by atoms with Gasteiger partial charge < -0.3 is 35.6 Å². The molecule has 4 saturated carbocycles. The Balaban J connectivity index is 0.000000175. The minimum atomic E-state index is -1.07. The second-order valence-corrected chi connectivity index (χ2v) is 21.8. The molecular formula is C56H61Cl5LiN13O10. The maximum Gasteiger partial charge on any atom is 1.00 e. The number of hydrogen-bond acceptors (Lipinski definition) is 17. The summed E-state index contributed by atoms with van der Waals surface area (Å²) in [4.78, 5) is 63.9.